The molecule has 1 unspecified atom stereocenters. The van der Waals surface area contributed by atoms with Crippen LogP contribution in [-0.4, -0.2) is 35.8 Å². The molecule has 2 fully saturated rings. The summed E-state index contributed by atoms with van der Waals surface area (Å²) in [5.74, 6) is 0.599. The average molecular weight is 405 g/mol. The van der Waals surface area contributed by atoms with E-state index in [1.165, 1.54) is 11.1 Å². The molecular formula is C26H32N2O2. The van der Waals surface area contributed by atoms with Gasteiger partial charge in [-0.3, -0.25) is 9.59 Å². The highest BCUT2D eigenvalue weighted by atomic mass is 16.2. The molecular weight excluding hydrogens is 372 g/mol. The summed E-state index contributed by atoms with van der Waals surface area (Å²) in [6, 6.07) is 20.6. The van der Waals surface area contributed by atoms with Crippen LogP contribution < -0.4 is 5.32 Å². The number of rotatable bonds is 7. The minimum atomic E-state index is -0.287. The number of amides is 2. The van der Waals surface area contributed by atoms with Crippen LogP contribution in [0.1, 0.15) is 62.0 Å². The van der Waals surface area contributed by atoms with Crippen molar-refractivity contribution >= 4 is 11.8 Å². The maximum Gasteiger partial charge on any atom is 0.242 e. The zero-order valence-electron chi connectivity index (χ0n) is 17.6. The van der Waals surface area contributed by atoms with Crippen LogP contribution in [-0.2, 0) is 9.59 Å². The lowest BCUT2D eigenvalue weighted by atomic mass is 9.88. The molecule has 1 aliphatic heterocycles. The molecule has 1 saturated carbocycles. The minimum Gasteiger partial charge on any atom is -0.354 e. The van der Waals surface area contributed by atoms with Crippen LogP contribution in [0, 0.1) is 5.92 Å². The highest BCUT2D eigenvalue weighted by Crippen LogP contribution is 2.30. The van der Waals surface area contributed by atoms with Crippen molar-refractivity contribution in [1.82, 2.24) is 10.2 Å². The van der Waals surface area contributed by atoms with Crippen molar-refractivity contribution in [3.63, 3.8) is 0 Å². The van der Waals surface area contributed by atoms with E-state index in [0.717, 1.165) is 51.5 Å². The molecule has 0 bridgehead atoms. The zero-order chi connectivity index (χ0) is 20.8. The van der Waals surface area contributed by atoms with Gasteiger partial charge < -0.3 is 10.2 Å². The molecule has 1 aliphatic carbocycles. The molecule has 0 radical (unpaired) electrons. The minimum absolute atomic E-state index is 0.0127. The monoisotopic (exact) mass is 404 g/mol. The van der Waals surface area contributed by atoms with Crippen LogP contribution in [0.4, 0.5) is 0 Å². The van der Waals surface area contributed by atoms with Crippen LogP contribution in [0.2, 0.25) is 0 Å². The highest BCUT2D eigenvalue weighted by molar-refractivity contribution is 5.89. The molecule has 1 heterocycles. The van der Waals surface area contributed by atoms with Gasteiger partial charge in [-0.15, -0.1) is 0 Å². The summed E-state index contributed by atoms with van der Waals surface area (Å²) in [5.41, 5.74) is 2.52. The number of carbonyl (C=O) groups is 2. The second-order valence-corrected chi connectivity index (χ2v) is 8.62. The lowest BCUT2D eigenvalue weighted by Crippen LogP contribution is -2.47. The molecule has 2 aromatic rings. The standard InChI is InChI=1S/C26H32N2O2/c29-25(24-16-9-19-28(24)26(30)22-14-7-8-15-22)27-18-17-23(20-10-3-1-4-11-20)21-12-5-2-6-13-21/h1-6,10-13,22-24H,7-9,14-19H2,(H,27,29). The third kappa shape index (κ3) is 4.75. The largest absolute Gasteiger partial charge is 0.354 e. The maximum atomic E-state index is 12.9. The Bertz CT molecular complexity index is 791. The van der Waals surface area contributed by atoms with Gasteiger partial charge in [0.2, 0.25) is 11.8 Å². The van der Waals surface area contributed by atoms with Crippen LogP contribution in [0.25, 0.3) is 0 Å². The molecule has 4 heteroatoms. The van der Waals surface area contributed by atoms with Gasteiger partial charge in [0.25, 0.3) is 0 Å². The quantitative estimate of drug-likeness (QED) is 0.738. The summed E-state index contributed by atoms with van der Waals surface area (Å²) in [5, 5.41) is 3.14. The van der Waals surface area contributed by atoms with Gasteiger partial charge in [0.1, 0.15) is 6.04 Å². The molecule has 0 aromatic heterocycles. The average Bonchev–Trinajstić information content (AvgIpc) is 3.50. The van der Waals surface area contributed by atoms with Crippen molar-refractivity contribution < 1.29 is 9.59 Å². The molecule has 0 spiro atoms. The van der Waals surface area contributed by atoms with E-state index in [1.54, 1.807) is 0 Å². The number of nitrogens with zero attached hydrogens (tertiary/aromatic N) is 1. The van der Waals surface area contributed by atoms with E-state index in [9.17, 15) is 9.59 Å². The summed E-state index contributed by atoms with van der Waals surface area (Å²) >= 11 is 0. The van der Waals surface area contributed by atoms with Crippen molar-refractivity contribution in [2.45, 2.75) is 56.9 Å². The fourth-order valence-corrected chi connectivity index (χ4v) is 5.06. The third-order valence-corrected chi connectivity index (χ3v) is 6.68. The third-order valence-electron chi connectivity index (χ3n) is 6.68. The number of hydrogen-bond donors (Lipinski definition) is 1. The van der Waals surface area contributed by atoms with Crippen molar-refractivity contribution in [3.05, 3.63) is 71.8 Å². The lowest BCUT2D eigenvalue weighted by Gasteiger charge is -2.27. The highest BCUT2D eigenvalue weighted by Gasteiger charge is 2.37. The number of nitrogens with one attached hydrogen (secondary N) is 1. The van der Waals surface area contributed by atoms with Crippen LogP contribution >= 0.6 is 0 Å². The molecule has 4 rings (SSSR count). The lowest BCUT2D eigenvalue weighted by molar-refractivity contribution is -0.141. The second kappa shape index (κ2) is 9.92. The van der Waals surface area contributed by atoms with Crippen molar-refractivity contribution in [3.8, 4) is 0 Å². The summed E-state index contributed by atoms with van der Waals surface area (Å²) in [4.78, 5) is 27.6. The predicted molar refractivity (Wildman–Crippen MR) is 119 cm³/mol. The predicted octanol–water partition coefficient (Wildman–Crippen LogP) is 4.51. The van der Waals surface area contributed by atoms with Crippen LogP contribution in [0.5, 0.6) is 0 Å². The first-order valence-corrected chi connectivity index (χ1v) is 11.4. The Kier molecular flexibility index (Phi) is 6.83. The van der Waals surface area contributed by atoms with Gasteiger partial charge in [-0.2, -0.15) is 0 Å². The van der Waals surface area contributed by atoms with Crippen molar-refractivity contribution in [2.75, 3.05) is 13.1 Å². The molecule has 158 valence electrons. The first-order chi connectivity index (χ1) is 14.7. The first-order valence-electron chi connectivity index (χ1n) is 11.4. The van der Waals surface area contributed by atoms with Gasteiger partial charge in [-0.1, -0.05) is 73.5 Å². The normalized spacial score (nSPS) is 19.4. The summed E-state index contributed by atoms with van der Waals surface area (Å²) in [6.45, 7) is 1.33. The Balaban J connectivity index is 1.37. The SMILES string of the molecule is O=C(NCCC(c1ccccc1)c1ccccc1)C1CCCN1C(=O)C1CCCC1. The summed E-state index contributed by atoms with van der Waals surface area (Å²) in [7, 11) is 0. The Labute approximate surface area is 179 Å². The number of likely N-dealkylation sites (tertiary alicyclic amines) is 1. The molecule has 1 atom stereocenters. The van der Waals surface area contributed by atoms with E-state index in [0.29, 0.717) is 6.54 Å². The van der Waals surface area contributed by atoms with Gasteiger partial charge in [0, 0.05) is 24.9 Å². The fraction of sp³-hybridized carbons (Fsp3) is 0.462. The van der Waals surface area contributed by atoms with E-state index in [1.807, 2.05) is 17.0 Å². The Hall–Kier alpha value is -2.62. The van der Waals surface area contributed by atoms with E-state index in [4.69, 9.17) is 0 Å². The van der Waals surface area contributed by atoms with Crippen LogP contribution in [0.15, 0.2) is 60.7 Å². The molecule has 2 amide bonds. The zero-order valence-corrected chi connectivity index (χ0v) is 17.6. The van der Waals surface area contributed by atoms with Gasteiger partial charge >= 0.3 is 0 Å². The van der Waals surface area contributed by atoms with E-state index in [2.05, 4.69) is 53.8 Å². The molecule has 4 nitrogen and oxygen atoms in total. The van der Waals surface area contributed by atoms with Gasteiger partial charge in [0.05, 0.1) is 0 Å². The Morgan fingerprint density at radius 3 is 2.07 bits per heavy atom. The molecule has 30 heavy (non-hydrogen) atoms. The van der Waals surface area contributed by atoms with Crippen molar-refractivity contribution in [1.29, 1.82) is 0 Å². The topological polar surface area (TPSA) is 49.4 Å². The Morgan fingerprint density at radius 1 is 0.867 bits per heavy atom. The molecule has 1 saturated heterocycles. The van der Waals surface area contributed by atoms with Crippen molar-refractivity contribution in [2.24, 2.45) is 5.92 Å². The fourth-order valence-electron chi connectivity index (χ4n) is 5.06. The van der Waals surface area contributed by atoms with Crippen LogP contribution in [0.3, 0.4) is 0 Å². The van der Waals surface area contributed by atoms with E-state index >= 15 is 0 Å². The van der Waals surface area contributed by atoms with Gasteiger partial charge in [-0.05, 0) is 43.2 Å². The van der Waals surface area contributed by atoms with Gasteiger partial charge in [-0.25, -0.2) is 0 Å². The van der Waals surface area contributed by atoms with Gasteiger partial charge in [0.15, 0.2) is 0 Å². The molecule has 2 aromatic carbocycles. The van der Waals surface area contributed by atoms with E-state index < -0.39 is 0 Å². The summed E-state index contributed by atoms with van der Waals surface area (Å²) in [6.07, 6.45) is 6.79. The van der Waals surface area contributed by atoms with E-state index in [-0.39, 0.29) is 29.7 Å². The Morgan fingerprint density at radius 2 is 1.47 bits per heavy atom. The second-order valence-electron chi connectivity index (χ2n) is 8.62. The number of hydrogen-bond acceptors (Lipinski definition) is 2. The number of benzene rings is 2. The smallest absolute Gasteiger partial charge is 0.242 e. The maximum absolute atomic E-state index is 12.9. The first kappa shape index (κ1) is 20.6. The molecule has 2 aliphatic rings. The summed E-state index contributed by atoms with van der Waals surface area (Å²) < 4.78 is 0. The number of carbonyl (C=O) groups excluding carboxylic acids is 2. The molecule has 1 N–H and O–H groups in total.